The summed E-state index contributed by atoms with van der Waals surface area (Å²) in [6.07, 6.45) is 4.77. The van der Waals surface area contributed by atoms with Crippen LogP contribution in [-0.4, -0.2) is 23.3 Å². The van der Waals surface area contributed by atoms with Gasteiger partial charge in [-0.3, -0.25) is 14.9 Å². The molecule has 1 aliphatic heterocycles. The molecule has 1 N–H and O–H groups in total. The number of amides is 2. The summed E-state index contributed by atoms with van der Waals surface area (Å²) in [5, 5.41) is 3.40. The number of hydrogen-bond acceptors (Lipinski definition) is 4. The van der Waals surface area contributed by atoms with Crippen LogP contribution in [0.3, 0.4) is 0 Å². The molecule has 0 saturated carbocycles. The van der Waals surface area contributed by atoms with Gasteiger partial charge in [-0.05, 0) is 54.8 Å². The maximum Gasteiger partial charge on any atom is 0.250 e. The average Bonchev–Trinajstić information content (AvgIpc) is 3.25. The van der Waals surface area contributed by atoms with Gasteiger partial charge in [-0.2, -0.15) is 0 Å². The Balaban J connectivity index is 1.41. The summed E-state index contributed by atoms with van der Waals surface area (Å²) in [5.74, 6) is -0.0479. The normalized spacial score (nSPS) is 14.4. The van der Waals surface area contributed by atoms with E-state index in [-0.39, 0.29) is 11.8 Å². The Morgan fingerprint density at radius 2 is 2.04 bits per heavy atom. The van der Waals surface area contributed by atoms with Crippen molar-refractivity contribution in [2.45, 2.75) is 19.8 Å². The third kappa shape index (κ3) is 3.90. The Labute approximate surface area is 161 Å². The lowest BCUT2D eigenvalue weighted by Crippen LogP contribution is -2.23. The first-order valence-corrected chi connectivity index (χ1v) is 9.67. The molecule has 1 fully saturated rings. The summed E-state index contributed by atoms with van der Waals surface area (Å²) in [7, 11) is 0. The van der Waals surface area contributed by atoms with Crippen molar-refractivity contribution in [2.24, 2.45) is 0 Å². The van der Waals surface area contributed by atoms with Gasteiger partial charge in [0, 0.05) is 24.7 Å². The van der Waals surface area contributed by atoms with E-state index in [1.807, 2.05) is 43.3 Å². The minimum Gasteiger partial charge on any atom is -0.312 e. The molecule has 27 heavy (non-hydrogen) atoms. The fourth-order valence-corrected chi connectivity index (χ4v) is 4.06. The molecule has 5 nitrogen and oxygen atoms in total. The van der Waals surface area contributed by atoms with Crippen LogP contribution in [0, 0.1) is 6.92 Å². The van der Waals surface area contributed by atoms with Crippen LogP contribution in [0.2, 0.25) is 0 Å². The van der Waals surface area contributed by atoms with Crippen molar-refractivity contribution in [3.63, 3.8) is 0 Å². The highest BCUT2D eigenvalue weighted by molar-refractivity contribution is 7.22. The minimum absolute atomic E-state index is 0.170. The highest BCUT2D eigenvalue weighted by Crippen LogP contribution is 2.26. The van der Waals surface area contributed by atoms with E-state index in [9.17, 15) is 9.59 Å². The zero-order chi connectivity index (χ0) is 18.8. The van der Waals surface area contributed by atoms with Gasteiger partial charge in [0.25, 0.3) is 0 Å². The molecule has 2 amide bonds. The summed E-state index contributed by atoms with van der Waals surface area (Å²) in [4.78, 5) is 30.2. The van der Waals surface area contributed by atoms with E-state index in [1.165, 1.54) is 23.0 Å². The van der Waals surface area contributed by atoms with Gasteiger partial charge in [-0.1, -0.05) is 29.5 Å². The lowest BCUT2D eigenvalue weighted by Gasteiger charge is -2.15. The minimum atomic E-state index is -0.218. The zero-order valence-electron chi connectivity index (χ0n) is 14.9. The van der Waals surface area contributed by atoms with E-state index in [0.29, 0.717) is 11.6 Å². The highest BCUT2D eigenvalue weighted by atomic mass is 32.1. The van der Waals surface area contributed by atoms with Gasteiger partial charge in [0.15, 0.2) is 5.13 Å². The van der Waals surface area contributed by atoms with Crippen molar-refractivity contribution in [2.75, 3.05) is 16.8 Å². The standard InChI is InChI=1S/C21H19N3O2S/c1-14-4-10-17-18(13-14)27-21(22-17)23-19(25)11-7-15-5-8-16(9-6-15)24-12-2-3-20(24)26/h4-11,13H,2-3,12H2,1H3,(H,22,23,25)/b11-7+. The molecule has 0 unspecified atom stereocenters. The Morgan fingerprint density at radius 1 is 1.22 bits per heavy atom. The Bertz CT molecular complexity index is 1040. The van der Waals surface area contributed by atoms with Gasteiger partial charge in [0.1, 0.15) is 0 Å². The summed E-state index contributed by atoms with van der Waals surface area (Å²) >= 11 is 1.46. The molecule has 136 valence electrons. The number of hydrogen-bond donors (Lipinski definition) is 1. The molecule has 0 bridgehead atoms. The quantitative estimate of drug-likeness (QED) is 0.686. The predicted octanol–water partition coefficient (Wildman–Crippen LogP) is 4.38. The van der Waals surface area contributed by atoms with Crippen LogP contribution in [0.25, 0.3) is 16.3 Å². The first kappa shape index (κ1) is 17.4. The maximum atomic E-state index is 12.2. The molecule has 6 heteroatoms. The molecular weight excluding hydrogens is 358 g/mol. The van der Waals surface area contributed by atoms with Crippen LogP contribution in [0.5, 0.6) is 0 Å². The molecule has 0 atom stereocenters. The SMILES string of the molecule is Cc1ccc2nc(NC(=O)/C=C/c3ccc(N4CCCC4=O)cc3)sc2c1. The average molecular weight is 377 g/mol. The van der Waals surface area contributed by atoms with E-state index >= 15 is 0 Å². The lowest BCUT2D eigenvalue weighted by molar-refractivity contribution is -0.117. The van der Waals surface area contributed by atoms with Crippen LogP contribution in [0.1, 0.15) is 24.0 Å². The number of fused-ring (bicyclic) bond motifs is 1. The molecule has 2 heterocycles. The smallest absolute Gasteiger partial charge is 0.250 e. The van der Waals surface area contributed by atoms with Gasteiger partial charge in [0.05, 0.1) is 10.2 Å². The third-order valence-electron chi connectivity index (χ3n) is 4.48. The van der Waals surface area contributed by atoms with Crippen molar-refractivity contribution in [3.05, 3.63) is 59.7 Å². The summed E-state index contributed by atoms with van der Waals surface area (Å²) in [6, 6.07) is 13.7. The summed E-state index contributed by atoms with van der Waals surface area (Å²) < 4.78 is 1.06. The van der Waals surface area contributed by atoms with E-state index in [1.54, 1.807) is 11.0 Å². The predicted molar refractivity (Wildman–Crippen MR) is 110 cm³/mol. The van der Waals surface area contributed by atoms with Gasteiger partial charge in [-0.25, -0.2) is 4.98 Å². The zero-order valence-corrected chi connectivity index (χ0v) is 15.8. The number of thiazole rings is 1. The number of benzene rings is 2. The Hall–Kier alpha value is -2.99. The second kappa shape index (κ2) is 7.32. The van der Waals surface area contributed by atoms with Crippen LogP contribution in [-0.2, 0) is 9.59 Å². The lowest BCUT2D eigenvalue weighted by atomic mass is 10.2. The van der Waals surface area contributed by atoms with Crippen LogP contribution >= 0.6 is 11.3 Å². The molecule has 4 rings (SSSR count). The number of carbonyl (C=O) groups excluding carboxylic acids is 2. The number of aryl methyl sites for hydroxylation is 1. The van der Waals surface area contributed by atoms with Crippen LogP contribution in [0.15, 0.2) is 48.5 Å². The molecule has 0 spiro atoms. The Morgan fingerprint density at radius 3 is 2.78 bits per heavy atom. The molecule has 1 aliphatic rings. The van der Waals surface area contributed by atoms with E-state index < -0.39 is 0 Å². The monoisotopic (exact) mass is 377 g/mol. The fourth-order valence-electron chi connectivity index (χ4n) is 3.09. The van der Waals surface area contributed by atoms with E-state index in [4.69, 9.17) is 0 Å². The first-order chi connectivity index (χ1) is 13.1. The number of nitrogens with one attached hydrogen (secondary N) is 1. The molecule has 1 saturated heterocycles. The number of anilines is 2. The third-order valence-corrected chi connectivity index (χ3v) is 5.41. The molecule has 0 aliphatic carbocycles. The number of nitrogens with zero attached hydrogens (tertiary/aromatic N) is 2. The van der Waals surface area contributed by atoms with Crippen molar-refractivity contribution < 1.29 is 9.59 Å². The van der Waals surface area contributed by atoms with Gasteiger partial charge >= 0.3 is 0 Å². The number of carbonyl (C=O) groups is 2. The molecule has 2 aromatic carbocycles. The second-order valence-corrected chi connectivity index (χ2v) is 7.58. The largest absolute Gasteiger partial charge is 0.312 e. The van der Waals surface area contributed by atoms with Crippen LogP contribution < -0.4 is 10.2 Å². The summed E-state index contributed by atoms with van der Waals surface area (Å²) in [6.45, 7) is 2.81. The van der Waals surface area contributed by atoms with Crippen molar-refractivity contribution >= 4 is 50.3 Å². The van der Waals surface area contributed by atoms with Gasteiger partial charge in [0.2, 0.25) is 11.8 Å². The topological polar surface area (TPSA) is 62.3 Å². The van der Waals surface area contributed by atoms with E-state index in [2.05, 4.69) is 16.4 Å². The molecule has 1 aromatic heterocycles. The molecule has 3 aromatic rings. The fraction of sp³-hybridized carbons (Fsp3) is 0.190. The van der Waals surface area contributed by atoms with Crippen LogP contribution in [0.4, 0.5) is 10.8 Å². The van der Waals surface area contributed by atoms with E-state index in [0.717, 1.165) is 34.4 Å². The van der Waals surface area contributed by atoms with Gasteiger partial charge < -0.3 is 4.90 Å². The molecular formula is C21H19N3O2S. The molecule has 0 radical (unpaired) electrons. The van der Waals surface area contributed by atoms with Crippen molar-refractivity contribution in [1.82, 2.24) is 4.98 Å². The van der Waals surface area contributed by atoms with Crippen molar-refractivity contribution in [1.29, 1.82) is 0 Å². The number of rotatable bonds is 4. The number of aromatic nitrogens is 1. The maximum absolute atomic E-state index is 12.2. The second-order valence-electron chi connectivity index (χ2n) is 6.55. The Kier molecular flexibility index (Phi) is 4.73. The first-order valence-electron chi connectivity index (χ1n) is 8.85. The van der Waals surface area contributed by atoms with Gasteiger partial charge in [-0.15, -0.1) is 0 Å². The van der Waals surface area contributed by atoms with Crippen molar-refractivity contribution in [3.8, 4) is 0 Å². The summed E-state index contributed by atoms with van der Waals surface area (Å²) in [5.41, 5.74) is 3.87. The highest BCUT2D eigenvalue weighted by Gasteiger charge is 2.21.